The zero-order valence-electron chi connectivity index (χ0n) is 5.76. The molecule has 10 heavy (non-hydrogen) atoms. The molecule has 0 amide bonds. The first-order valence-corrected chi connectivity index (χ1v) is 3.04. The van der Waals surface area contributed by atoms with Gasteiger partial charge in [0, 0.05) is 0 Å². The molecule has 0 bridgehead atoms. The second-order valence-electron chi connectivity index (χ2n) is 1.35. The monoisotopic (exact) mass is 165 g/mol. The highest BCUT2D eigenvalue weighted by Gasteiger charge is 2.09. The lowest BCUT2D eigenvalue weighted by Crippen LogP contribution is -2.17. The number of carbonyl (C=O) groups is 1. The minimum atomic E-state index is -0.572. The van der Waals surface area contributed by atoms with Crippen molar-refractivity contribution < 1.29 is 14.4 Å². The van der Waals surface area contributed by atoms with E-state index in [1.54, 1.807) is 0 Å². The van der Waals surface area contributed by atoms with E-state index in [9.17, 15) is 4.79 Å². The minimum absolute atomic E-state index is 0.0134. The highest BCUT2D eigenvalue weighted by Crippen LogP contribution is 1.87. The standard InChI is InChI=1S/C5H8ClNO3/c1-9-5(8)4(3-6)7-10-2/h3H2,1-2H3. The number of halogens is 1. The SMILES string of the molecule is CON=C(CCl)C(=O)OC. The molecule has 0 rings (SSSR count). The zero-order chi connectivity index (χ0) is 7.98. The van der Waals surface area contributed by atoms with Gasteiger partial charge in [0.1, 0.15) is 7.11 Å². The van der Waals surface area contributed by atoms with Gasteiger partial charge < -0.3 is 9.57 Å². The van der Waals surface area contributed by atoms with Crippen LogP contribution in [0, 0.1) is 0 Å². The molecule has 0 unspecified atom stereocenters. The number of alkyl halides is 1. The van der Waals surface area contributed by atoms with E-state index in [0.29, 0.717) is 0 Å². The van der Waals surface area contributed by atoms with Crippen LogP contribution in [0.1, 0.15) is 0 Å². The molecule has 0 aromatic rings. The van der Waals surface area contributed by atoms with E-state index in [1.165, 1.54) is 14.2 Å². The summed E-state index contributed by atoms with van der Waals surface area (Å²) >= 11 is 5.31. The molecule has 0 fully saturated rings. The van der Waals surface area contributed by atoms with Crippen molar-refractivity contribution in [3.05, 3.63) is 0 Å². The highest BCUT2D eigenvalue weighted by atomic mass is 35.5. The Balaban J connectivity index is 4.06. The van der Waals surface area contributed by atoms with Gasteiger partial charge in [-0.05, 0) is 0 Å². The van der Waals surface area contributed by atoms with Crippen LogP contribution in [0.15, 0.2) is 5.16 Å². The van der Waals surface area contributed by atoms with E-state index in [2.05, 4.69) is 14.7 Å². The number of hydrogen-bond acceptors (Lipinski definition) is 4. The van der Waals surface area contributed by atoms with Gasteiger partial charge in [-0.25, -0.2) is 4.79 Å². The fourth-order valence-electron chi connectivity index (χ4n) is 0.344. The summed E-state index contributed by atoms with van der Waals surface area (Å²) in [7, 11) is 2.58. The molecule has 0 aliphatic rings. The first kappa shape index (κ1) is 9.23. The van der Waals surface area contributed by atoms with Crippen molar-refractivity contribution >= 4 is 23.3 Å². The lowest BCUT2D eigenvalue weighted by atomic mass is 10.4. The molecule has 0 aromatic carbocycles. The molecule has 0 saturated carbocycles. The number of carbonyl (C=O) groups excluding carboxylic acids is 1. The predicted octanol–water partition coefficient (Wildman–Crippen LogP) is 0.401. The van der Waals surface area contributed by atoms with Gasteiger partial charge in [0.2, 0.25) is 0 Å². The molecule has 4 nitrogen and oxygen atoms in total. The van der Waals surface area contributed by atoms with Crippen LogP contribution in [-0.2, 0) is 14.4 Å². The number of ether oxygens (including phenoxy) is 1. The molecule has 0 atom stereocenters. The normalized spacial score (nSPS) is 10.9. The maximum absolute atomic E-state index is 10.6. The smallest absolute Gasteiger partial charge is 0.357 e. The molecule has 0 heterocycles. The van der Waals surface area contributed by atoms with Crippen LogP contribution in [-0.4, -0.2) is 31.8 Å². The average Bonchev–Trinajstić information content (AvgIpc) is 1.99. The summed E-state index contributed by atoms with van der Waals surface area (Å²) in [5, 5.41) is 3.32. The quantitative estimate of drug-likeness (QED) is 0.263. The van der Waals surface area contributed by atoms with E-state index < -0.39 is 5.97 Å². The van der Waals surface area contributed by atoms with Gasteiger partial charge in [-0.15, -0.1) is 11.6 Å². The van der Waals surface area contributed by atoms with Crippen LogP contribution < -0.4 is 0 Å². The van der Waals surface area contributed by atoms with Crippen molar-refractivity contribution in [1.29, 1.82) is 0 Å². The Kier molecular flexibility index (Phi) is 4.66. The van der Waals surface area contributed by atoms with E-state index in [1.807, 2.05) is 0 Å². The Hall–Kier alpha value is -0.770. The highest BCUT2D eigenvalue weighted by molar-refractivity contribution is 6.47. The third-order valence-electron chi connectivity index (χ3n) is 0.749. The third-order valence-corrected chi connectivity index (χ3v) is 1.00. The zero-order valence-corrected chi connectivity index (χ0v) is 6.51. The van der Waals surface area contributed by atoms with Crippen LogP contribution in [0.3, 0.4) is 0 Å². The van der Waals surface area contributed by atoms with Crippen molar-refractivity contribution in [3.63, 3.8) is 0 Å². The summed E-state index contributed by atoms with van der Waals surface area (Å²) in [5.41, 5.74) is 0.0617. The summed E-state index contributed by atoms with van der Waals surface area (Å²) in [5.74, 6) is -0.586. The number of methoxy groups -OCH3 is 1. The summed E-state index contributed by atoms with van der Waals surface area (Å²) in [6.45, 7) is 0. The molecule has 0 aliphatic carbocycles. The molecule has 0 aromatic heterocycles. The molecular weight excluding hydrogens is 158 g/mol. The number of hydrogen-bond donors (Lipinski definition) is 0. The first-order valence-electron chi connectivity index (χ1n) is 2.50. The summed E-state index contributed by atoms with van der Waals surface area (Å²) in [6.07, 6.45) is 0. The van der Waals surface area contributed by atoms with Crippen LogP contribution in [0.4, 0.5) is 0 Å². The largest absolute Gasteiger partial charge is 0.464 e. The lowest BCUT2D eigenvalue weighted by Gasteiger charge is -1.96. The topological polar surface area (TPSA) is 47.9 Å². The minimum Gasteiger partial charge on any atom is -0.464 e. The van der Waals surface area contributed by atoms with Gasteiger partial charge in [-0.2, -0.15) is 0 Å². The van der Waals surface area contributed by atoms with Gasteiger partial charge in [0.25, 0.3) is 0 Å². The van der Waals surface area contributed by atoms with Crippen LogP contribution in [0.25, 0.3) is 0 Å². The Bertz CT molecular complexity index is 146. The van der Waals surface area contributed by atoms with Crippen molar-refractivity contribution in [2.75, 3.05) is 20.1 Å². The number of esters is 1. The molecular formula is C5H8ClNO3. The van der Waals surface area contributed by atoms with Gasteiger partial charge in [-0.1, -0.05) is 5.16 Å². The lowest BCUT2D eigenvalue weighted by molar-refractivity contribution is -0.132. The van der Waals surface area contributed by atoms with Crippen LogP contribution in [0.5, 0.6) is 0 Å². The van der Waals surface area contributed by atoms with E-state index in [4.69, 9.17) is 11.6 Å². The van der Waals surface area contributed by atoms with Crippen molar-refractivity contribution in [3.8, 4) is 0 Å². The fourth-order valence-corrected chi connectivity index (χ4v) is 0.502. The molecule has 5 heteroatoms. The summed E-state index contributed by atoms with van der Waals surface area (Å²) in [6, 6.07) is 0. The summed E-state index contributed by atoms with van der Waals surface area (Å²) < 4.78 is 4.32. The van der Waals surface area contributed by atoms with Crippen molar-refractivity contribution in [1.82, 2.24) is 0 Å². The maximum atomic E-state index is 10.6. The van der Waals surface area contributed by atoms with Crippen molar-refractivity contribution in [2.24, 2.45) is 5.16 Å². The van der Waals surface area contributed by atoms with Crippen molar-refractivity contribution in [2.45, 2.75) is 0 Å². The van der Waals surface area contributed by atoms with Crippen LogP contribution >= 0.6 is 11.6 Å². The number of oxime groups is 1. The number of nitrogens with zero attached hydrogens (tertiary/aromatic N) is 1. The van der Waals surface area contributed by atoms with Gasteiger partial charge in [0.15, 0.2) is 5.71 Å². The second-order valence-corrected chi connectivity index (χ2v) is 1.61. The van der Waals surface area contributed by atoms with E-state index in [0.717, 1.165) is 0 Å². The number of rotatable bonds is 3. The molecule has 0 radical (unpaired) electrons. The second kappa shape index (κ2) is 5.05. The predicted molar refractivity (Wildman–Crippen MR) is 37.2 cm³/mol. The molecule has 0 saturated heterocycles. The van der Waals surface area contributed by atoms with E-state index >= 15 is 0 Å². The third kappa shape index (κ3) is 2.68. The molecule has 0 N–H and O–H groups in total. The summed E-state index contributed by atoms with van der Waals surface area (Å²) in [4.78, 5) is 14.9. The molecule has 58 valence electrons. The molecule has 0 spiro atoms. The Labute approximate surface area is 63.7 Å². The molecule has 0 aliphatic heterocycles. The van der Waals surface area contributed by atoms with Gasteiger partial charge in [-0.3, -0.25) is 0 Å². The van der Waals surface area contributed by atoms with E-state index in [-0.39, 0.29) is 11.6 Å². The van der Waals surface area contributed by atoms with Gasteiger partial charge >= 0.3 is 5.97 Å². The Morgan fingerprint density at radius 1 is 1.60 bits per heavy atom. The van der Waals surface area contributed by atoms with Gasteiger partial charge in [0.05, 0.1) is 13.0 Å². The fraction of sp³-hybridized carbons (Fsp3) is 0.600. The van der Waals surface area contributed by atoms with Crippen LogP contribution in [0.2, 0.25) is 0 Å². The average molecular weight is 166 g/mol. The Morgan fingerprint density at radius 2 is 2.20 bits per heavy atom. The Morgan fingerprint density at radius 3 is 2.50 bits per heavy atom. The maximum Gasteiger partial charge on any atom is 0.357 e. The first-order chi connectivity index (χ1) is 4.76.